The Morgan fingerprint density at radius 1 is 1.21 bits per heavy atom. The second-order valence-corrected chi connectivity index (χ2v) is 9.18. The van der Waals surface area contributed by atoms with Crippen LogP contribution in [0.1, 0.15) is 45.4 Å². The van der Waals surface area contributed by atoms with Gasteiger partial charge in [-0.25, -0.2) is 4.79 Å². The molecule has 1 N–H and O–H groups in total. The topological polar surface area (TPSA) is 123 Å². The van der Waals surface area contributed by atoms with Crippen LogP contribution in [0.2, 0.25) is 0 Å². The number of azide groups is 1. The Bertz CT molecular complexity index is 749. The van der Waals surface area contributed by atoms with Crippen molar-refractivity contribution in [1.29, 1.82) is 0 Å². The zero-order chi connectivity index (χ0) is 20.5. The summed E-state index contributed by atoms with van der Waals surface area (Å²) in [5.41, 5.74) is 8.98. The minimum absolute atomic E-state index is 0.108. The van der Waals surface area contributed by atoms with E-state index in [1.165, 1.54) is 0 Å². The highest BCUT2D eigenvalue weighted by Gasteiger charge is 2.38. The fourth-order valence-electron chi connectivity index (χ4n) is 2.88. The third kappa shape index (κ3) is 6.47. The van der Waals surface area contributed by atoms with E-state index in [1.807, 2.05) is 12.1 Å². The molecular formula is C18H22N4O4S2. The first kappa shape index (κ1) is 22.1. The number of rotatable bonds is 11. The van der Waals surface area contributed by atoms with Crippen LogP contribution in [0.5, 0.6) is 0 Å². The van der Waals surface area contributed by atoms with Crippen molar-refractivity contribution in [1.82, 2.24) is 4.90 Å². The standard InChI is InChI=1S/C18H22N4O4S2/c1-12(27-28-14-8-6-13(7-9-14)20-21-19)4-2-3-5-15(18(25)26)22-16(23)10-11-17(22)24/h6-9,12,15H,2-5,10-11H2,1H3,(H,25,26). The smallest absolute Gasteiger partial charge is 0.326 e. The highest BCUT2D eigenvalue weighted by Crippen LogP contribution is 2.37. The highest BCUT2D eigenvalue weighted by atomic mass is 33.1. The number of imide groups is 1. The minimum atomic E-state index is -1.12. The Kier molecular flexibility index (Phi) is 8.69. The molecule has 0 saturated carbocycles. The summed E-state index contributed by atoms with van der Waals surface area (Å²) in [6, 6.07) is 6.28. The molecule has 1 fully saturated rings. The molecule has 10 heteroatoms. The number of carbonyl (C=O) groups is 3. The lowest BCUT2D eigenvalue weighted by Crippen LogP contribution is -2.44. The van der Waals surface area contributed by atoms with Crippen molar-refractivity contribution in [3.05, 3.63) is 34.7 Å². The predicted molar refractivity (Wildman–Crippen MR) is 109 cm³/mol. The van der Waals surface area contributed by atoms with Gasteiger partial charge in [0.15, 0.2) is 0 Å². The van der Waals surface area contributed by atoms with Gasteiger partial charge in [0.25, 0.3) is 0 Å². The molecule has 0 aliphatic carbocycles. The van der Waals surface area contributed by atoms with E-state index in [0.29, 0.717) is 17.4 Å². The van der Waals surface area contributed by atoms with Crippen LogP contribution >= 0.6 is 21.6 Å². The van der Waals surface area contributed by atoms with E-state index in [9.17, 15) is 19.5 Å². The molecule has 0 spiro atoms. The first-order valence-electron chi connectivity index (χ1n) is 8.98. The molecule has 2 unspecified atom stereocenters. The molecule has 150 valence electrons. The molecule has 1 heterocycles. The number of aliphatic carboxylic acids is 1. The fourth-order valence-corrected chi connectivity index (χ4v) is 5.11. The SMILES string of the molecule is CC(CCCCC(C(=O)O)N1C(=O)CCC1=O)SSc1ccc(N=[N+]=[N-])cc1. The number of benzene rings is 1. The van der Waals surface area contributed by atoms with E-state index in [1.54, 1.807) is 33.7 Å². The number of carboxylic acids is 1. The number of amides is 2. The van der Waals surface area contributed by atoms with E-state index in [4.69, 9.17) is 5.53 Å². The first-order chi connectivity index (χ1) is 13.4. The number of hydrogen-bond acceptors (Lipinski definition) is 6. The fraction of sp³-hybridized carbons (Fsp3) is 0.500. The van der Waals surface area contributed by atoms with Gasteiger partial charge in [-0.2, -0.15) is 0 Å². The van der Waals surface area contributed by atoms with Crippen LogP contribution in [0.3, 0.4) is 0 Å². The average Bonchev–Trinajstić information content (AvgIpc) is 2.99. The van der Waals surface area contributed by atoms with Crippen LogP contribution in [-0.2, 0) is 14.4 Å². The maximum absolute atomic E-state index is 11.8. The Balaban J connectivity index is 1.71. The van der Waals surface area contributed by atoms with Crippen LogP contribution in [0.25, 0.3) is 10.4 Å². The van der Waals surface area contributed by atoms with Gasteiger partial charge in [0.2, 0.25) is 11.8 Å². The van der Waals surface area contributed by atoms with E-state index in [0.717, 1.165) is 22.6 Å². The monoisotopic (exact) mass is 422 g/mol. The zero-order valence-corrected chi connectivity index (χ0v) is 17.1. The molecule has 1 aliphatic heterocycles. The second-order valence-electron chi connectivity index (χ2n) is 6.47. The van der Waals surface area contributed by atoms with Gasteiger partial charge in [-0.1, -0.05) is 58.6 Å². The van der Waals surface area contributed by atoms with Crippen LogP contribution in [0.4, 0.5) is 5.69 Å². The highest BCUT2D eigenvalue weighted by molar-refractivity contribution is 8.76. The lowest BCUT2D eigenvalue weighted by molar-refractivity contribution is -0.154. The molecule has 1 aromatic carbocycles. The third-order valence-corrected chi connectivity index (χ3v) is 7.31. The molecule has 1 saturated heterocycles. The largest absolute Gasteiger partial charge is 0.480 e. The predicted octanol–water partition coefficient (Wildman–Crippen LogP) is 4.92. The number of carboxylic acid groups (broad SMARTS) is 1. The number of likely N-dealkylation sites (tertiary alicyclic amines) is 1. The van der Waals surface area contributed by atoms with Crippen molar-refractivity contribution in [2.75, 3.05) is 0 Å². The van der Waals surface area contributed by atoms with Gasteiger partial charge >= 0.3 is 5.97 Å². The number of hydrogen-bond donors (Lipinski definition) is 1. The van der Waals surface area contributed by atoms with E-state index in [-0.39, 0.29) is 31.1 Å². The quantitative estimate of drug-likeness (QED) is 0.135. The summed E-state index contributed by atoms with van der Waals surface area (Å²) in [7, 11) is 3.35. The molecule has 0 bridgehead atoms. The van der Waals surface area contributed by atoms with Crippen LogP contribution in [0, 0.1) is 0 Å². The van der Waals surface area contributed by atoms with Gasteiger partial charge in [-0.3, -0.25) is 14.5 Å². The van der Waals surface area contributed by atoms with Gasteiger partial charge in [-0.05, 0) is 30.5 Å². The Labute approximate surface area is 171 Å². The van der Waals surface area contributed by atoms with Crippen LogP contribution < -0.4 is 0 Å². The zero-order valence-electron chi connectivity index (χ0n) is 15.5. The molecule has 0 radical (unpaired) electrons. The van der Waals surface area contributed by atoms with E-state index in [2.05, 4.69) is 16.9 Å². The Hall–Kier alpha value is -2.16. The molecule has 28 heavy (non-hydrogen) atoms. The minimum Gasteiger partial charge on any atom is -0.480 e. The molecular weight excluding hydrogens is 400 g/mol. The van der Waals surface area contributed by atoms with E-state index < -0.39 is 12.0 Å². The molecule has 0 aromatic heterocycles. The summed E-state index contributed by atoms with van der Waals surface area (Å²) in [4.78, 5) is 39.7. The normalized spacial score (nSPS) is 16.0. The molecule has 2 amide bonds. The third-order valence-electron chi connectivity index (χ3n) is 4.33. The molecule has 8 nitrogen and oxygen atoms in total. The summed E-state index contributed by atoms with van der Waals surface area (Å²) in [6.07, 6.45) is 2.88. The van der Waals surface area contributed by atoms with Crippen LogP contribution in [0.15, 0.2) is 34.3 Å². The summed E-state index contributed by atoms with van der Waals surface area (Å²) in [5.74, 6) is -1.89. The number of unbranched alkanes of at least 4 members (excludes halogenated alkanes) is 1. The van der Waals surface area contributed by atoms with Crippen molar-refractivity contribution in [2.45, 2.75) is 61.6 Å². The summed E-state index contributed by atoms with van der Waals surface area (Å²) >= 11 is 0. The summed E-state index contributed by atoms with van der Waals surface area (Å²) in [6.45, 7) is 2.11. The van der Waals surface area contributed by atoms with Crippen molar-refractivity contribution < 1.29 is 19.5 Å². The summed E-state index contributed by atoms with van der Waals surface area (Å²) in [5, 5.41) is 13.3. The second kappa shape index (κ2) is 11.0. The summed E-state index contributed by atoms with van der Waals surface area (Å²) < 4.78 is 0. The van der Waals surface area contributed by atoms with E-state index >= 15 is 0 Å². The van der Waals surface area contributed by atoms with Crippen molar-refractivity contribution in [3.63, 3.8) is 0 Å². The number of nitrogens with zero attached hydrogens (tertiary/aromatic N) is 4. The maximum Gasteiger partial charge on any atom is 0.326 e. The van der Waals surface area contributed by atoms with Gasteiger partial charge in [0.1, 0.15) is 6.04 Å². The first-order valence-corrected chi connectivity index (χ1v) is 11.2. The molecule has 2 rings (SSSR count). The van der Waals surface area contributed by atoms with Gasteiger partial charge in [-0.15, -0.1) is 0 Å². The molecule has 1 aliphatic rings. The van der Waals surface area contributed by atoms with Crippen LogP contribution in [-0.4, -0.2) is 39.1 Å². The molecule has 2 atom stereocenters. The van der Waals surface area contributed by atoms with Gasteiger partial charge in [0, 0.05) is 33.6 Å². The Morgan fingerprint density at radius 2 is 1.82 bits per heavy atom. The number of carbonyl (C=O) groups excluding carboxylic acids is 2. The lowest BCUT2D eigenvalue weighted by Gasteiger charge is -2.22. The van der Waals surface area contributed by atoms with Gasteiger partial charge in [0.05, 0.1) is 0 Å². The molecule has 1 aromatic rings. The maximum atomic E-state index is 11.8. The Morgan fingerprint density at radius 3 is 2.39 bits per heavy atom. The lowest BCUT2D eigenvalue weighted by atomic mass is 10.1. The van der Waals surface area contributed by atoms with Crippen molar-refractivity contribution >= 4 is 45.1 Å². The van der Waals surface area contributed by atoms with Crippen molar-refractivity contribution in [2.24, 2.45) is 5.11 Å². The van der Waals surface area contributed by atoms with Gasteiger partial charge < -0.3 is 5.11 Å². The van der Waals surface area contributed by atoms with Crippen molar-refractivity contribution in [3.8, 4) is 0 Å². The average molecular weight is 423 g/mol.